The molecule has 0 aromatic rings. The third-order valence-corrected chi connectivity index (χ3v) is 9.19. The van der Waals surface area contributed by atoms with Crippen LogP contribution in [0.15, 0.2) is 0 Å². The fraction of sp³-hybridized carbons (Fsp3) is 0.917. The Labute approximate surface area is 297 Å². The number of hydrogen-bond donors (Lipinski definition) is 5. The van der Waals surface area contributed by atoms with Crippen LogP contribution in [0.25, 0.3) is 0 Å². The van der Waals surface area contributed by atoms with Gasteiger partial charge in [-0.05, 0) is 19.3 Å². The van der Waals surface area contributed by atoms with Crippen molar-refractivity contribution in [3.05, 3.63) is 0 Å². The van der Waals surface area contributed by atoms with E-state index < -0.39 is 92.5 Å². The van der Waals surface area contributed by atoms with Crippen LogP contribution in [-0.4, -0.2) is 118 Å². The van der Waals surface area contributed by atoms with Gasteiger partial charge in [0.1, 0.15) is 62.5 Å². The van der Waals surface area contributed by atoms with Gasteiger partial charge in [0, 0.05) is 19.3 Å². The van der Waals surface area contributed by atoms with Crippen LogP contribution < -0.4 is 0 Å². The molecule has 9 atom stereocenters. The SMILES string of the molecule is CCCCCCCC(=O)OC[C@H]1O[C@@](COC(=O)CCCCCCC)(O[C@H]2O[C@H](COC(=O)CCCCCCC)[C@@H](O)[C@H](O)[C@H]2O)[C@@H](O)[C@@H]1O. The lowest BCUT2D eigenvalue weighted by atomic mass is 9.99. The second kappa shape index (κ2) is 24.4. The standard InChI is InChI=1S/C36H64O14/c1-4-7-10-13-16-19-27(37)45-22-25-30(40)32(42)33(43)35(48-25)50-36(24-47-29(39)21-18-15-12-9-6-3)34(44)31(41)26(49-36)23-46-28(38)20-17-14-11-8-5-2/h25-26,30-35,40-44H,4-24H2,1-3H3/t25-,26-,30-,31-,32+,33-,34+,35-,36+/m1/s1. The van der Waals surface area contributed by atoms with Crippen LogP contribution in [0.3, 0.4) is 0 Å². The van der Waals surface area contributed by atoms with Crippen LogP contribution in [0.4, 0.5) is 0 Å². The number of carbonyl (C=O) groups excluding carboxylic acids is 3. The Balaban J connectivity index is 2.11. The van der Waals surface area contributed by atoms with Gasteiger partial charge in [-0.3, -0.25) is 14.4 Å². The first-order chi connectivity index (χ1) is 24.0. The molecule has 2 heterocycles. The average Bonchev–Trinajstić information content (AvgIpc) is 3.33. The van der Waals surface area contributed by atoms with Crippen molar-refractivity contribution in [2.24, 2.45) is 0 Å². The van der Waals surface area contributed by atoms with E-state index in [9.17, 15) is 39.9 Å². The lowest BCUT2D eigenvalue weighted by molar-refractivity contribution is -0.383. The highest BCUT2D eigenvalue weighted by atomic mass is 16.8. The molecule has 0 unspecified atom stereocenters. The van der Waals surface area contributed by atoms with Crippen LogP contribution in [0.5, 0.6) is 0 Å². The summed E-state index contributed by atoms with van der Waals surface area (Å²) in [5, 5.41) is 54.2. The summed E-state index contributed by atoms with van der Waals surface area (Å²) >= 11 is 0. The van der Waals surface area contributed by atoms with Gasteiger partial charge >= 0.3 is 17.9 Å². The predicted molar refractivity (Wildman–Crippen MR) is 180 cm³/mol. The van der Waals surface area contributed by atoms with Crippen molar-refractivity contribution in [3.8, 4) is 0 Å². The Morgan fingerprint density at radius 2 is 0.980 bits per heavy atom. The predicted octanol–water partition coefficient (Wildman–Crippen LogP) is 3.34. The first-order valence-electron chi connectivity index (χ1n) is 18.9. The van der Waals surface area contributed by atoms with Gasteiger partial charge in [0.25, 0.3) is 0 Å². The molecular formula is C36H64O14. The molecule has 14 nitrogen and oxygen atoms in total. The van der Waals surface area contributed by atoms with E-state index in [4.69, 9.17) is 28.4 Å². The van der Waals surface area contributed by atoms with Crippen LogP contribution in [0.2, 0.25) is 0 Å². The highest BCUT2D eigenvalue weighted by Gasteiger charge is 2.60. The van der Waals surface area contributed by atoms with Crippen LogP contribution >= 0.6 is 0 Å². The third kappa shape index (κ3) is 15.0. The quantitative estimate of drug-likeness (QED) is 0.0494. The van der Waals surface area contributed by atoms with E-state index in [2.05, 4.69) is 20.8 Å². The highest BCUT2D eigenvalue weighted by Crippen LogP contribution is 2.37. The summed E-state index contributed by atoms with van der Waals surface area (Å²) < 4.78 is 33.5. The maximum Gasteiger partial charge on any atom is 0.305 e. The molecule has 14 heteroatoms. The fourth-order valence-corrected chi connectivity index (χ4v) is 5.96. The van der Waals surface area contributed by atoms with Gasteiger partial charge in [-0.2, -0.15) is 0 Å². The molecule has 5 N–H and O–H groups in total. The summed E-state index contributed by atoms with van der Waals surface area (Å²) in [6.45, 7) is 4.59. The van der Waals surface area contributed by atoms with E-state index in [1.54, 1.807) is 0 Å². The van der Waals surface area contributed by atoms with E-state index in [1.807, 2.05) is 0 Å². The van der Waals surface area contributed by atoms with Gasteiger partial charge in [0.05, 0.1) is 0 Å². The molecule has 2 fully saturated rings. The Morgan fingerprint density at radius 3 is 1.46 bits per heavy atom. The van der Waals surface area contributed by atoms with Crippen molar-refractivity contribution in [1.29, 1.82) is 0 Å². The molecule has 2 rings (SSSR count). The first kappa shape index (κ1) is 44.3. The number of ether oxygens (including phenoxy) is 6. The molecular weight excluding hydrogens is 656 g/mol. The Morgan fingerprint density at radius 1 is 0.540 bits per heavy atom. The van der Waals surface area contributed by atoms with Crippen molar-refractivity contribution in [2.45, 2.75) is 191 Å². The van der Waals surface area contributed by atoms with Crippen LogP contribution in [-0.2, 0) is 42.8 Å². The molecule has 2 saturated heterocycles. The molecule has 0 aromatic carbocycles. The minimum absolute atomic E-state index is 0.0806. The second-order valence-electron chi connectivity index (χ2n) is 13.6. The van der Waals surface area contributed by atoms with Gasteiger partial charge in [-0.1, -0.05) is 97.8 Å². The Kier molecular flexibility index (Phi) is 21.6. The number of carbonyl (C=O) groups is 3. The summed E-state index contributed by atoms with van der Waals surface area (Å²) in [6, 6.07) is 0. The van der Waals surface area contributed by atoms with E-state index in [-0.39, 0.29) is 19.3 Å². The number of esters is 3. The molecule has 0 spiro atoms. The van der Waals surface area contributed by atoms with E-state index >= 15 is 0 Å². The lowest BCUT2D eigenvalue weighted by Crippen LogP contribution is -2.63. The molecule has 0 aromatic heterocycles. The monoisotopic (exact) mass is 720 g/mol. The first-order valence-corrected chi connectivity index (χ1v) is 18.9. The van der Waals surface area contributed by atoms with Crippen molar-refractivity contribution >= 4 is 17.9 Å². The second-order valence-corrected chi connectivity index (χ2v) is 13.6. The topological polar surface area (TPSA) is 208 Å². The van der Waals surface area contributed by atoms with Crippen LogP contribution in [0.1, 0.15) is 136 Å². The van der Waals surface area contributed by atoms with Gasteiger partial charge in [0.15, 0.2) is 6.29 Å². The number of aliphatic hydroxyl groups is 5. The third-order valence-electron chi connectivity index (χ3n) is 9.19. The van der Waals surface area contributed by atoms with Gasteiger partial charge in [-0.25, -0.2) is 0 Å². The van der Waals surface area contributed by atoms with Crippen molar-refractivity contribution in [3.63, 3.8) is 0 Å². The molecule has 292 valence electrons. The molecule has 50 heavy (non-hydrogen) atoms. The zero-order valence-corrected chi connectivity index (χ0v) is 30.4. The van der Waals surface area contributed by atoms with Gasteiger partial charge in [0.2, 0.25) is 5.79 Å². The molecule has 0 radical (unpaired) electrons. The minimum atomic E-state index is -2.33. The smallest absolute Gasteiger partial charge is 0.305 e. The number of rotatable bonds is 26. The summed E-state index contributed by atoms with van der Waals surface area (Å²) in [4.78, 5) is 37.3. The summed E-state index contributed by atoms with van der Waals surface area (Å²) in [7, 11) is 0. The van der Waals surface area contributed by atoms with Crippen molar-refractivity contribution in [1.82, 2.24) is 0 Å². The van der Waals surface area contributed by atoms with E-state index in [1.165, 1.54) is 0 Å². The minimum Gasteiger partial charge on any atom is -0.463 e. The molecule has 2 aliphatic rings. The largest absolute Gasteiger partial charge is 0.463 e. The number of aliphatic hydroxyl groups excluding tert-OH is 5. The van der Waals surface area contributed by atoms with Crippen molar-refractivity contribution in [2.75, 3.05) is 19.8 Å². The summed E-state index contributed by atoms with van der Waals surface area (Å²) in [6.07, 6.45) is 0.714. The maximum atomic E-state index is 12.7. The Bertz CT molecular complexity index is 965. The average molecular weight is 721 g/mol. The highest BCUT2D eigenvalue weighted by molar-refractivity contribution is 5.70. The fourth-order valence-electron chi connectivity index (χ4n) is 5.96. The Hall–Kier alpha value is -1.91. The maximum absolute atomic E-state index is 12.7. The van der Waals surface area contributed by atoms with E-state index in [0.29, 0.717) is 19.3 Å². The zero-order chi connectivity index (χ0) is 36.9. The molecule has 0 aliphatic carbocycles. The van der Waals surface area contributed by atoms with Crippen LogP contribution in [0, 0.1) is 0 Å². The lowest BCUT2D eigenvalue weighted by Gasteiger charge is -2.43. The molecule has 0 bridgehead atoms. The number of unbranched alkanes of at least 4 members (excludes halogenated alkanes) is 12. The summed E-state index contributed by atoms with van der Waals surface area (Å²) in [5.41, 5.74) is 0. The summed E-state index contributed by atoms with van der Waals surface area (Å²) in [5.74, 6) is -3.99. The van der Waals surface area contributed by atoms with Gasteiger partial charge < -0.3 is 54.0 Å². The van der Waals surface area contributed by atoms with E-state index in [0.717, 1.165) is 77.0 Å². The normalized spacial score (nSPS) is 29.5. The van der Waals surface area contributed by atoms with Gasteiger partial charge in [-0.15, -0.1) is 0 Å². The molecule has 0 amide bonds. The molecule has 2 aliphatic heterocycles. The number of hydrogen-bond acceptors (Lipinski definition) is 14. The zero-order valence-electron chi connectivity index (χ0n) is 30.4. The van der Waals surface area contributed by atoms with Crippen molar-refractivity contribution < 1.29 is 68.3 Å². The molecule has 0 saturated carbocycles.